The van der Waals surface area contributed by atoms with Crippen LogP contribution in [0.25, 0.3) is 0 Å². The van der Waals surface area contributed by atoms with Gasteiger partial charge in [0, 0.05) is 62.5 Å². The highest BCUT2D eigenvalue weighted by atomic mass is 32.2. The summed E-state index contributed by atoms with van der Waals surface area (Å²) in [6.07, 6.45) is 2.89. The standard InChI is InChI=1S/C13H21N3S/c1-2-5-15-13(3-1)4-6-14-7-8-16-9-11-17-12-10-16/h1-3,5,14H,4,6-12H2. The van der Waals surface area contributed by atoms with E-state index in [0.29, 0.717) is 0 Å². The molecule has 0 atom stereocenters. The Morgan fingerprint density at radius 3 is 2.88 bits per heavy atom. The number of hydrogen-bond acceptors (Lipinski definition) is 4. The van der Waals surface area contributed by atoms with Crippen molar-refractivity contribution in [2.75, 3.05) is 44.2 Å². The molecule has 3 nitrogen and oxygen atoms in total. The summed E-state index contributed by atoms with van der Waals surface area (Å²) in [6, 6.07) is 6.10. The molecule has 17 heavy (non-hydrogen) atoms. The van der Waals surface area contributed by atoms with Crippen LogP contribution in [-0.2, 0) is 6.42 Å². The maximum Gasteiger partial charge on any atom is 0.0416 e. The van der Waals surface area contributed by atoms with E-state index < -0.39 is 0 Å². The number of nitrogens with one attached hydrogen (secondary N) is 1. The molecular formula is C13H21N3S. The summed E-state index contributed by atoms with van der Waals surface area (Å²) in [5, 5.41) is 3.49. The Morgan fingerprint density at radius 2 is 2.12 bits per heavy atom. The van der Waals surface area contributed by atoms with Crippen LogP contribution in [0.5, 0.6) is 0 Å². The van der Waals surface area contributed by atoms with E-state index in [1.54, 1.807) is 0 Å². The van der Waals surface area contributed by atoms with Crippen molar-refractivity contribution >= 4 is 11.8 Å². The van der Waals surface area contributed by atoms with Crippen molar-refractivity contribution in [2.24, 2.45) is 0 Å². The van der Waals surface area contributed by atoms with Crippen LogP contribution in [0, 0.1) is 0 Å². The van der Waals surface area contributed by atoms with E-state index in [4.69, 9.17) is 0 Å². The molecule has 1 aromatic heterocycles. The van der Waals surface area contributed by atoms with Crippen molar-refractivity contribution < 1.29 is 0 Å². The average Bonchev–Trinajstić information content (AvgIpc) is 2.41. The second kappa shape index (κ2) is 7.69. The van der Waals surface area contributed by atoms with Crippen LogP contribution < -0.4 is 5.32 Å². The monoisotopic (exact) mass is 251 g/mol. The molecule has 0 saturated carbocycles. The SMILES string of the molecule is c1ccc(CCNCCN2CCSCC2)nc1. The van der Waals surface area contributed by atoms with Crippen LogP contribution in [0.3, 0.4) is 0 Å². The Hall–Kier alpha value is -0.580. The molecule has 1 aliphatic rings. The first-order valence-corrected chi connectivity index (χ1v) is 7.51. The van der Waals surface area contributed by atoms with E-state index in [1.165, 1.54) is 36.8 Å². The second-order valence-electron chi connectivity index (χ2n) is 4.28. The third-order valence-corrected chi connectivity index (χ3v) is 3.94. The quantitative estimate of drug-likeness (QED) is 0.771. The van der Waals surface area contributed by atoms with Crippen molar-refractivity contribution in [1.82, 2.24) is 15.2 Å². The van der Waals surface area contributed by atoms with Crippen LogP contribution in [0.4, 0.5) is 0 Å². The summed E-state index contributed by atoms with van der Waals surface area (Å²) in [5.74, 6) is 2.60. The molecule has 94 valence electrons. The Kier molecular flexibility index (Phi) is 5.82. The van der Waals surface area contributed by atoms with Crippen molar-refractivity contribution in [1.29, 1.82) is 0 Å². The Bertz CT molecular complexity index is 299. The fourth-order valence-electron chi connectivity index (χ4n) is 1.95. The lowest BCUT2D eigenvalue weighted by molar-refractivity contribution is 0.301. The van der Waals surface area contributed by atoms with Crippen LogP contribution in [0.1, 0.15) is 5.69 Å². The highest BCUT2D eigenvalue weighted by molar-refractivity contribution is 7.99. The van der Waals surface area contributed by atoms with E-state index >= 15 is 0 Å². The van der Waals surface area contributed by atoms with Gasteiger partial charge in [-0.2, -0.15) is 11.8 Å². The minimum Gasteiger partial charge on any atom is -0.315 e. The molecule has 1 aromatic rings. The zero-order valence-corrected chi connectivity index (χ0v) is 11.1. The molecular weight excluding hydrogens is 230 g/mol. The maximum absolute atomic E-state index is 4.31. The largest absolute Gasteiger partial charge is 0.315 e. The highest BCUT2D eigenvalue weighted by Crippen LogP contribution is 2.07. The number of thioether (sulfide) groups is 1. The molecule has 0 aliphatic carbocycles. The normalized spacial score (nSPS) is 17.2. The van der Waals surface area contributed by atoms with Gasteiger partial charge in [-0.15, -0.1) is 0 Å². The molecule has 2 heterocycles. The predicted molar refractivity (Wildman–Crippen MR) is 74.6 cm³/mol. The first-order chi connectivity index (χ1) is 8.45. The molecule has 1 aliphatic heterocycles. The van der Waals surface area contributed by atoms with Gasteiger partial charge in [-0.1, -0.05) is 6.07 Å². The third kappa shape index (κ3) is 5.06. The van der Waals surface area contributed by atoms with E-state index in [1.807, 2.05) is 18.3 Å². The van der Waals surface area contributed by atoms with Gasteiger partial charge in [-0.3, -0.25) is 4.98 Å². The van der Waals surface area contributed by atoms with Gasteiger partial charge in [-0.25, -0.2) is 0 Å². The van der Waals surface area contributed by atoms with Crippen LogP contribution >= 0.6 is 11.8 Å². The number of hydrogen-bond donors (Lipinski definition) is 1. The summed E-state index contributed by atoms with van der Waals surface area (Å²) in [7, 11) is 0. The first kappa shape index (κ1) is 12.9. The van der Waals surface area contributed by atoms with E-state index in [9.17, 15) is 0 Å². The van der Waals surface area contributed by atoms with Crippen molar-refractivity contribution in [2.45, 2.75) is 6.42 Å². The van der Waals surface area contributed by atoms with Gasteiger partial charge in [0.2, 0.25) is 0 Å². The smallest absolute Gasteiger partial charge is 0.0416 e. The maximum atomic E-state index is 4.31. The number of aromatic nitrogens is 1. The zero-order valence-electron chi connectivity index (χ0n) is 10.3. The van der Waals surface area contributed by atoms with Crippen molar-refractivity contribution in [3.63, 3.8) is 0 Å². The number of pyridine rings is 1. The third-order valence-electron chi connectivity index (χ3n) is 2.99. The molecule has 2 rings (SSSR count). The van der Waals surface area contributed by atoms with E-state index in [2.05, 4.69) is 33.0 Å². The Labute approximate surface area is 108 Å². The fourth-order valence-corrected chi connectivity index (χ4v) is 2.93. The number of nitrogens with zero attached hydrogens (tertiary/aromatic N) is 2. The second-order valence-corrected chi connectivity index (χ2v) is 5.50. The van der Waals surface area contributed by atoms with Gasteiger partial charge in [0.1, 0.15) is 0 Å². The van der Waals surface area contributed by atoms with Gasteiger partial charge in [0.25, 0.3) is 0 Å². The zero-order chi connectivity index (χ0) is 11.8. The minimum absolute atomic E-state index is 1.02. The predicted octanol–water partition coefficient (Wildman–Crippen LogP) is 1.26. The lowest BCUT2D eigenvalue weighted by Crippen LogP contribution is -2.38. The summed E-state index contributed by atoms with van der Waals surface area (Å²) in [4.78, 5) is 6.86. The summed E-state index contributed by atoms with van der Waals surface area (Å²) < 4.78 is 0. The fraction of sp³-hybridized carbons (Fsp3) is 0.615. The molecule has 0 radical (unpaired) electrons. The van der Waals surface area contributed by atoms with Crippen molar-refractivity contribution in [3.8, 4) is 0 Å². The molecule has 0 amide bonds. The minimum atomic E-state index is 1.02. The van der Waals surface area contributed by atoms with E-state index in [0.717, 1.165) is 19.5 Å². The molecule has 0 unspecified atom stereocenters. The van der Waals surface area contributed by atoms with Crippen LogP contribution in [0.2, 0.25) is 0 Å². The molecule has 1 fully saturated rings. The highest BCUT2D eigenvalue weighted by Gasteiger charge is 2.08. The molecule has 1 saturated heterocycles. The molecule has 4 heteroatoms. The molecule has 0 spiro atoms. The Morgan fingerprint density at radius 1 is 1.24 bits per heavy atom. The van der Waals surface area contributed by atoms with E-state index in [-0.39, 0.29) is 0 Å². The first-order valence-electron chi connectivity index (χ1n) is 6.36. The van der Waals surface area contributed by atoms with Crippen molar-refractivity contribution in [3.05, 3.63) is 30.1 Å². The average molecular weight is 251 g/mol. The van der Waals surface area contributed by atoms with Gasteiger partial charge < -0.3 is 10.2 Å². The van der Waals surface area contributed by atoms with Crippen LogP contribution in [-0.4, -0.2) is 54.1 Å². The molecule has 0 bridgehead atoms. The lowest BCUT2D eigenvalue weighted by Gasteiger charge is -2.26. The van der Waals surface area contributed by atoms with Gasteiger partial charge in [0.15, 0.2) is 0 Å². The summed E-state index contributed by atoms with van der Waals surface area (Å²) in [5.41, 5.74) is 1.18. The topological polar surface area (TPSA) is 28.2 Å². The van der Waals surface area contributed by atoms with Crippen LogP contribution in [0.15, 0.2) is 24.4 Å². The van der Waals surface area contributed by atoms with Gasteiger partial charge in [-0.05, 0) is 12.1 Å². The summed E-state index contributed by atoms with van der Waals surface area (Å²) >= 11 is 2.07. The molecule has 0 aromatic carbocycles. The summed E-state index contributed by atoms with van der Waals surface area (Å²) in [6.45, 7) is 5.82. The number of rotatable bonds is 6. The molecule has 1 N–H and O–H groups in total. The lowest BCUT2D eigenvalue weighted by atomic mass is 10.3. The van der Waals surface area contributed by atoms with Gasteiger partial charge in [0.05, 0.1) is 0 Å². The van der Waals surface area contributed by atoms with Gasteiger partial charge >= 0.3 is 0 Å². The Balaban J connectivity index is 1.51.